The van der Waals surface area contributed by atoms with Crippen molar-refractivity contribution in [2.75, 3.05) is 12.8 Å². The summed E-state index contributed by atoms with van der Waals surface area (Å²) >= 11 is 1.38. The summed E-state index contributed by atoms with van der Waals surface area (Å²) in [6.07, 6.45) is 3.62. The van der Waals surface area contributed by atoms with Crippen molar-refractivity contribution in [1.82, 2.24) is 14.5 Å². The first-order chi connectivity index (χ1) is 13.0. The van der Waals surface area contributed by atoms with Gasteiger partial charge in [-0.2, -0.15) is 0 Å². The fraction of sp³-hybridized carbons (Fsp3) is 0.238. The number of halogens is 1. The Balaban J connectivity index is 1.65. The van der Waals surface area contributed by atoms with Crippen LogP contribution in [0.1, 0.15) is 16.7 Å². The van der Waals surface area contributed by atoms with E-state index in [0.717, 1.165) is 10.8 Å². The molecule has 3 aromatic rings. The Morgan fingerprint density at radius 1 is 1.19 bits per heavy atom. The molecule has 0 radical (unpaired) electrons. The summed E-state index contributed by atoms with van der Waals surface area (Å²) in [4.78, 5) is 18.4. The Morgan fingerprint density at radius 3 is 2.70 bits per heavy atom. The zero-order chi connectivity index (χ0) is 19.4. The van der Waals surface area contributed by atoms with Gasteiger partial charge in [-0.15, -0.1) is 0 Å². The molecular formula is C21H22FN3OS. The highest BCUT2D eigenvalue weighted by Crippen LogP contribution is 2.22. The average molecular weight is 383 g/mol. The van der Waals surface area contributed by atoms with E-state index in [2.05, 4.69) is 31.0 Å². The van der Waals surface area contributed by atoms with Crippen molar-refractivity contribution >= 4 is 17.7 Å². The van der Waals surface area contributed by atoms with E-state index in [-0.39, 0.29) is 24.0 Å². The van der Waals surface area contributed by atoms with Gasteiger partial charge < -0.3 is 4.90 Å². The first kappa shape index (κ1) is 19.2. The van der Waals surface area contributed by atoms with Gasteiger partial charge in [0.1, 0.15) is 5.82 Å². The maximum absolute atomic E-state index is 13.8. The minimum Gasteiger partial charge on any atom is -0.341 e. The van der Waals surface area contributed by atoms with Gasteiger partial charge in [-0.05, 0) is 43.2 Å². The maximum Gasteiger partial charge on any atom is 0.233 e. The second-order valence-corrected chi connectivity index (χ2v) is 7.42. The second kappa shape index (κ2) is 8.39. The molecule has 0 N–H and O–H groups in total. The van der Waals surface area contributed by atoms with Crippen molar-refractivity contribution in [2.45, 2.75) is 25.5 Å². The quantitative estimate of drug-likeness (QED) is 0.593. The number of thioether (sulfide) groups is 1. The Morgan fingerprint density at radius 2 is 1.96 bits per heavy atom. The molecule has 0 unspecified atom stereocenters. The zero-order valence-electron chi connectivity index (χ0n) is 15.6. The number of carbonyl (C=O) groups excluding carboxylic acids is 1. The van der Waals surface area contributed by atoms with Crippen molar-refractivity contribution in [2.24, 2.45) is 0 Å². The number of benzene rings is 2. The predicted octanol–water partition coefficient (Wildman–Crippen LogP) is 4.38. The molecule has 1 aromatic heterocycles. The molecule has 0 saturated carbocycles. The molecule has 0 aliphatic heterocycles. The maximum atomic E-state index is 13.8. The largest absolute Gasteiger partial charge is 0.341 e. The van der Waals surface area contributed by atoms with Gasteiger partial charge in [-0.25, -0.2) is 9.37 Å². The molecule has 4 nitrogen and oxygen atoms in total. The van der Waals surface area contributed by atoms with Gasteiger partial charge in [0.15, 0.2) is 5.16 Å². The summed E-state index contributed by atoms with van der Waals surface area (Å²) in [5.41, 5.74) is 3.97. The van der Waals surface area contributed by atoms with Crippen LogP contribution in [0, 0.1) is 19.7 Å². The topological polar surface area (TPSA) is 38.1 Å². The molecule has 1 heterocycles. The molecule has 3 rings (SSSR count). The predicted molar refractivity (Wildman–Crippen MR) is 107 cm³/mol. The standard InChI is InChI=1S/C21H22FN3OS/c1-15-8-9-18(12-16(15)2)25-11-10-23-21(25)27-14-20(26)24(3)13-17-6-4-5-7-19(17)22/h4-12H,13-14H2,1-3H3. The van der Waals surface area contributed by atoms with Gasteiger partial charge in [-0.3, -0.25) is 9.36 Å². The normalized spacial score (nSPS) is 10.8. The van der Waals surface area contributed by atoms with Gasteiger partial charge in [0.25, 0.3) is 0 Å². The van der Waals surface area contributed by atoms with Gasteiger partial charge in [-0.1, -0.05) is 36.0 Å². The number of aromatic nitrogens is 2. The Hall–Kier alpha value is -2.60. The summed E-state index contributed by atoms with van der Waals surface area (Å²) in [5, 5.41) is 0.755. The van der Waals surface area contributed by atoms with E-state index < -0.39 is 0 Å². The third-order valence-electron chi connectivity index (χ3n) is 4.49. The number of rotatable bonds is 6. The molecule has 1 amide bonds. The fourth-order valence-electron chi connectivity index (χ4n) is 2.68. The lowest BCUT2D eigenvalue weighted by Gasteiger charge is -2.17. The number of carbonyl (C=O) groups is 1. The van der Waals surface area contributed by atoms with Crippen LogP contribution in [0.4, 0.5) is 4.39 Å². The zero-order valence-corrected chi connectivity index (χ0v) is 16.5. The lowest BCUT2D eigenvalue weighted by molar-refractivity contribution is -0.127. The highest BCUT2D eigenvalue weighted by molar-refractivity contribution is 7.99. The lowest BCUT2D eigenvalue weighted by atomic mass is 10.1. The number of hydrogen-bond acceptors (Lipinski definition) is 3. The van der Waals surface area contributed by atoms with Gasteiger partial charge in [0.2, 0.25) is 5.91 Å². The van der Waals surface area contributed by atoms with E-state index in [1.54, 1.807) is 31.4 Å². The van der Waals surface area contributed by atoms with Crippen LogP contribution >= 0.6 is 11.8 Å². The molecule has 0 saturated heterocycles. The molecule has 0 aliphatic rings. The Bertz CT molecular complexity index is 954. The SMILES string of the molecule is Cc1ccc(-n2ccnc2SCC(=O)N(C)Cc2ccccc2F)cc1C. The van der Waals surface area contributed by atoms with Crippen LogP contribution in [0.2, 0.25) is 0 Å². The summed E-state index contributed by atoms with van der Waals surface area (Å²) in [5.74, 6) is -0.125. The molecule has 0 atom stereocenters. The summed E-state index contributed by atoms with van der Waals surface area (Å²) in [7, 11) is 1.69. The highest BCUT2D eigenvalue weighted by Gasteiger charge is 2.14. The van der Waals surface area contributed by atoms with Crippen molar-refractivity contribution in [3.05, 3.63) is 77.4 Å². The summed E-state index contributed by atoms with van der Waals surface area (Å²) < 4.78 is 15.7. The first-order valence-corrected chi connectivity index (χ1v) is 9.65. The number of nitrogens with zero attached hydrogens (tertiary/aromatic N) is 3. The minimum absolute atomic E-state index is 0.0714. The van der Waals surface area contributed by atoms with Gasteiger partial charge in [0, 0.05) is 37.2 Å². The highest BCUT2D eigenvalue weighted by atomic mass is 32.2. The molecule has 140 valence electrons. The number of amides is 1. The van der Waals surface area contributed by atoms with Crippen LogP contribution in [-0.2, 0) is 11.3 Å². The minimum atomic E-state index is -0.296. The number of imidazole rings is 1. The van der Waals surface area contributed by atoms with Crippen LogP contribution in [0.25, 0.3) is 5.69 Å². The Labute approximate surface area is 163 Å². The van der Waals surface area contributed by atoms with Crippen LogP contribution in [0.3, 0.4) is 0 Å². The van der Waals surface area contributed by atoms with E-state index in [9.17, 15) is 9.18 Å². The first-order valence-electron chi connectivity index (χ1n) is 8.67. The Kier molecular flexibility index (Phi) is 5.96. The number of aryl methyl sites for hydroxylation is 2. The van der Waals surface area contributed by atoms with Crippen molar-refractivity contribution in [3.63, 3.8) is 0 Å². The van der Waals surface area contributed by atoms with E-state index >= 15 is 0 Å². The van der Waals surface area contributed by atoms with Crippen LogP contribution < -0.4 is 0 Å². The third kappa shape index (κ3) is 4.57. The molecule has 0 spiro atoms. The van der Waals surface area contributed by atoms with Crippen molar-refractivity contribution < 1.29 is 9.18 Å². The molecule has 0 bridgehead atoms. The van der Waals surface area contributed by atoms with Crippen LogP contribution in [0.5, 0.6) is 0 Å². The molecular weight excluding hydrogens is 361 g/mol. The molecule has 6 heteroatoms. The molecule has 2 aromatic carbocycles. The van der Waals surface area contributed by atoms with E-state index in [0.29, 0.717) is 5.56 Å². The van der Waals surface area contributed by atoms with Gasteiger partial charge in [0.05, 0.1) is 5.75 Å². The van der Waals surface area contributed by atoms with E-state index in [1.165, 1.54) is 33.9 Å². The van der Waals surface area contributed by atoms with Crippen LogP contribution in [0.15, 0.2) is 60.0 Å². The summed E-state index contributed by atoms with van der Waals surface area (Å²) in [6.45, 7) is 4.40. The third-order valence-corrected chi connectivity index (χ3v) is 5.44. The van der Waals surface area contributed by atoms with E-state index in [1.807, 2.05) is 16.8 Å². The van der Waals surface area contributed by atoms with Crippen molar-refractivity contribution in [3.8, 4) is 5.69 Å². The average Bonchev–Trinajstić information content (AvgIpc) is 3.12. The van der Waals surface area contributed by atoms with Crippen LogP contribution in [-0.4, -0.2) is 33.2 Å². The van der Waals surface area contributed by atoms with Crippen molar-refractivity contribution in [1.29, 1.82) is 0 Å². The molecule has 0 fully saturated rings. The monoisotopic (exact) mass is 383 g/mol. The van der Waals surface area contributed by atoms with Gasteiger partial charge >= 0.3 is 0 Å². The second-order valence-electron chi connectivity index (χ2n) is 6.48. The summed E-state index contributed by atoms with van der Waals surface area (Å²) in [6, 6.07) is 12.7. The van der Waals surface area contributed by atoms with E-state index in [4.69, 9.17) is 0 Å². The number of hydrogen-bond donors (Lipinski definition) is 0. The lowest BCUT2D eigenvalue weighted by Crippen LogP contribution is -2.28. The molecule has 0 aliphatic carbocycles. The fourth-order valence-corrected chi connectivity index (χ4v) is 3.59. The molecule has 27 heavy (non-hydrogen) atoms. The smallest absolute Gasteiger partial charge is 0.233 e.